The third kappa shape index (κ3) is 2.51. The van der Waals surface area contributed by atoms with Gasteiger partial charge in [0, 0.05) is 10.1 Å². The van der Waals surface area contributed by atoms with Crippen LogP contribution in [0.15, 0.2) is 17.0 Å². The van der Waals surface area contributed by atoms with E-state index in [4.69, 9.17) is 17.3 Å². The highest BCUT2D eigenvalue weighted by atomic mass is 35.5. The number of nitrogen functional groups attached to an aromatic ring is 1. The van der Waals surface area contributed by atoms with Gasteiger partial charge in [0.15, 0.2) is 5.82 Å². The fourth-order valence-corrected chi connectivity index (χ4v) is 1.97. The number of hydrogen-bond donors (Lipinski definition) is 1. The van der Waals surface area contributed by atoms with Crippen LogP contribution in [-0.4, -0.2) is 5.25 Å². The zero-order valence-electron chi connectivity index (χ0n) is 7.47. The SMILES string of the molecule is CC(C)Sc1ccc(N)c(Cl)c1F. The Bertz CT molecular complexity index is 315. The summed E-state index contributed by atoms with van der Waals surface area (Å²) >= 11 is 7.09. The van der Waals surface area contributed by atoms with Crippen molar-refractivity contribution >= 4 is 29.1 Å². The molecule has 1 aromatic carbocycles. The zero-order valence-corrected chi connectivity index (χ0v) is 9.05. The number of nitrogens with two attached hydrogens (primary N) is 1. The van der Waals surface area contributed by atoms with Crippen LogP contribution in [0.1, 0.15) is 13.8 Å². The van der Waals surface area contributed by atoms with Crippen molar-refractivity contribution in [2.24, 2.45) is 0 Å². The minimum atomic E-state index is -0.416. The van der Waals surface area contributed by atoms with Crippen LogP contribution in [0.4, 0.5) is 10.1 Å². The van der Waals surface area contributed by atoms with Crippen molar-refractivity contribution in [2.75, 3.05) is 5.73 Å². The predicted molar refractivity (Wildman–Crippen MR) is 56.8 cm³/mol. The molecule has 2 N–H and O–H groups in total. The Morgan fingerprint density at radius 1 is 1.46 bits per heavy atom. The third-order valence-corrected chi connectivity index (χ3v) is 2.86. The summed E-state index contributed by atoms with van der Waals surface area (Å²) in [5, 5.41) is 0.347. The van der Waals surface area contributed by atoms with E-state index in [1.165, 1.54) is 11.8 Å². The van der Waals surface area contributed by atoms with Gasteiger partial charge in [0.25, 0.3) is 0 Å². The van der Waals surface area contributed by atoms with Crippen molar-refractivity contribution in [3.63, 3.8) is 0 Å². The lowest BCUT2D eigenvalue weighted by Crippen LogP contribution is -1.94. The first-order valence-electron chi connectivity index (χ1n) is 3.92. The first kappa shape index (κ1) is 10.7. The molecular formula is C9H11ClFNS. The number of halogens is 2. The molecule has 0 saturated heterocycles. The highest BCUT2D eigenvalue weighted by Crippen LogP contribution is 2.32. The number of benzene rings is 1. The second-order valence-corrected chi connectivity index (χ2v) is 4.94. The Morgan fingerprint density at radius 3 is 2.62 bits per heavy atom. The molecule has 0 heterocycles. The Morgan fingerprint density at radius 2 is 2.08 bits per heavy atom. The van der Waals surface area contributed by atoms with Crippen molar-refractivity contribution in [1.29, 1.82) is 0 Å². The van der Waals surface area contributed by atoms with E-state index in [-0.39, 0.29) is 10.7 Å². The van der Waals surface area contributed by atoms with Gasteiger partial charge in [0.1, 0.15) is 5.02 Å². The van der Waals surface area contributed by atoms with E-state index >= 15 is 0 Å². The first-order chi connectivity index (χ1) is 6.02. The first-order valence-corrected chi connectivity index (χ1v) is 5.18. The van der Waals surface area contributed by atoms with Gasteiger partial charge in [-0.25, -0.2) is 4.39 Å². The number of rotatable bonds is 2. The highest BCUT2D eigenvalue weighted by molar-refractivity contribution is 7.99. The van der Waals surface area contributed by atoms with E-state index < -0.39 is 5.82 Å². The largest absolute Gasteiger partial charge is 0.397 e. The van der Waals surface area contributed by atoms with E-state index in [0.29, 0.717) is 10.1 Å². The number of anilines is 1. The van der Waals surface area contributed by atoms with Crippen molar-refractivity contribution < 1.29 is 4.39 Å². The molecule has 13 heavy (non-hydrogen) atoms. The molecule has 0 unspecified atom stereocenters. The average Bonchev–Trinajstić information content (AvgIpc) is 2.06. The zero-order chi connectivity index (χ0) is 10.0. The van der Waals surface area contributed by atoms with E-state index in [0.717, 1.165) is 0 Å². The van der Waals surface area contributed by atoms with Gasteiger partial charge in [-0.3, -0.25) is 0 Å². The van der Waals surface area contributed by atoms with Gasteiger partial charge in [0.05, 0.1) is 5.69 Å². The number of hydrogen-bond acceptors (Lipinski definition) is 2. The average molecular weight is 220 g/mol. The molecule has 0 aromatic heterocycles. The highest BCUT2D eigenvalue weighted by Gasteiger charge is 2.11. The minimum absolute atomic E-state index is 0.0191. The molecule has 4 heteroatoms. The molecule has 0 aliphatic heterocycles. The predicted octanol–water partition coefficient (Wildman–Crippen LogP) is 3.56. The van der Waals surface area contributed by atoms with Crippen LogP contribution in [0.25, 0.3) is 0 Å². The normalized spacial score (nSPS) is 10.8. The summed E-state index contributed by atoms with van der Waals surface area (Å²) in [4.78, 5) is 0.550. The van der Waals surface area contributed by atoms with Crippen molar-refractivity contribution in [3.05, 3.63) is 23.0 Å². The molecule has 0 radical (unpaired) electrons. The summed E-state index contributed by atoms with van der Waals surface area (Å²) in [6.45, 7) is 3.99. The Labute approximate surface area is 86.5 Å². The molecule has 0 aliphatic rings. The van der Waals surface area contributed by atoms with E-state index in [1.807, 2.05) is 13.8 Å². The van der Waals surface area contributed by atoms with E-state index in [1.54, 1.807) is 12.1 Å². The molecule has 1 rings (SSSR count). The van der Waals surface area contributed by atoms with E-state index in [9.17, 15) is 4.39 Å². The van der Waals surface area contributed by atoms with Gasteiger partial charge in [-0.2, -0.15) is 0 Å². The molecule has 72 valence electrons. The molecular weight excluding hydrogens is 209 g/mol. The summed E-state index contributed by atoms with van der Waals surface area (Å²) in [7, 11) is 0. The molecule has 0 bridgehead atoms. The van der Waals surface area contributed by atoms with Crippen LogP contribution in [-0.2, 0) is 0 Å². The van der Waals surface area contributed by atoms with E-state index in [2.05, 4.69) is 0 Å². The summed E-state index contributed by atoms with van der Waals surface area (Å²) in [5.41, 5.74) is 5.72. The Balaban J connectivity index is 3.04. The summed E-state index contributed by atoms with van der Waals surface area (Å²) < 4.78 is 13.4. The fraction of sp³-hybridized carbons (Fsp3) is 0.333. The minimum Gasteiger partial charge on any atom is -0.397 e. The maximum absolute atomic E-state index is 13.4. The molecule has 1 nitrogen and oxygen atoms in total. The lowest BCUT2D eigenvalue weighted by molar-refractivity contribution is 0.603. The van der Waals surface area contributed by atoms with Gasteiger partial charge >= 0.3 is 0 Å². The topological polar surface area (TPSA) is 26.0 Å². The van der Waals surface area contributed by atoms with Gasteiger partial charge in [0.2, 0.25) is 0 Å². The smallest absolute Gasteiger partial charge is 0.157 e. The van der Waals surface area contributed by atoms with Crippen LogP contribution in [0.3, 0.4) is 0 Å². The van der Waals surface area contributed by atoms with Gasteiger partial charge in [-0.15, -0.1) is 11.8 Å². The maximum Gasteiger partial charge on any atom is 0.157 e. The second-order valence-electron chi connectivity index (χ2n) is 2.95. The molecule has 0 atom stereocenters. The second kappa shape index (κ2) is 4.20. The lowest BCUT2D eigenvalue weighted by atomic mass is 10.3. The molecule has 1 aromatic rings. The summed E-state index contributed by atoms with van der Waals surface area (Å²) in [6.07, 6.45) is 0. The molecule has 0 saturated carbocycles. The molecule has 0 amide bonds. The standard InChI is InChI=1S/C9H11ClFNS/c1-5(2)13-7-4-3-6(12)8(10)9(7)11/h3-5H,12H2,1-2H3. The summed E-state index contributed by atoms with van der Waals surface area (Å²) in [6, 6.07) is 3.28. The quantitative estimate of drug-likeness (QED) is 0.608. The van der Waals surface area contributed by atoms with Crippen LogP contribution < -0.4 is 5.73 Å². The van der Waals surface area contributed by atoms with Crippen LogP contribution in [0.2, 0.25) is 5.02 Å². The maximum atomic E-state index is 13.4. The molecule has 0 aliphatic carbocycles. The van der Waals surface area contributed by atoms with Gasteiger partial charge in [-0.05, 0) is 12.1 Å². The fourth-order valence-electron chi connectivity index (χ4n) is 0.892. The Hall–Kier alpha value is -0.410. The van der Waals surface area contributed by atoms with Crippen molar-refractivity contribution in [2.45, 2.75) is 24.0 Å². The van der Waals surface area contributed by atoms with Gasteiger partial charge in [-0.1, -0.05) is 25.4 Å². The lowest BCUT2D eigenvalue weighted by Gasteiger charge is -2.08. The van der Waals surface area contributed by atoms with Crippen molar-refractivity contribution in [1.82, 2.24) is 0 Å². The van der Waals surface area contributed by atoms with Crippen LogP contribution >= 0.6 is 23.4 Å². The van der Waals surface area contributed by atoms with Crippen LogP contribution in [0.5, 0.6) is 0 Å². The third-order valence-electron chi connectivity index (χ3n) is 1.44. The molecule has 0 spiro atoms. The monoisotopic (exact) mass is 219 g/mol. The Kier molecular flexibility index (Phi) is 3.45. The number of thioether (sulfide) groups is 1. The summed E-state index contributed by atoms with van der Waals surface area (Å²) in [5.74, 6) is -0.416. The van der Waals surface area contributed by atoms with Gasteiger partial charge < -0.3 is 5.73 Å². The van der Waals surface area contributed by atoms with Crippen molar-refractivity contribution in [3.8, 4) is 0 Å². The molecule has 0 fully saturated rings. The van der Waals surface area contributed by atoms with Crippen LogP contribution in [0, 0.1) is 5.82 Å².